The monoisotopic (exact) mass is 174 g/mol. The standard InChI is InChI=1S/C12H14O/c1-2-6-12(13)10-9-11-7-4-3-5-8-11/h2-10,12-13H,1H3/b6-2+,10-9+/t12-/m0/s1. The molecule has 0 saturated heterocycles. The molecule has 0 fully saturated rings. The first-order valence-corrected chi connectivity index (χ1v) is 4.37. The molecule has 13 heavy (non-hydrogen) atoms. The van der Waals surface area contributed by atoms with Crippen LogP contribution in [0.5, 0.6) is 0 Å². The van der Waals surface area contributed by atoms with Gasteiger partial charge in [0.2, 0.25) is 0 Å². The molecule has 0 saturated carbocycles. The lowest BCUT2D eigenvalue weighted by Gasteiger charge is -1.96. The van der Waals surface area contributed by atoms with Crippen LogP contribution in [0.1, 0.15) is 12.5 Å². The van der Waals surface area contributed by atoms with Crippen LogP contribution in [0.4, 0.5) is 0 Å². The Hall–Kier alpha value is -1.34. The van der Waals surface area contributed by atoms with E-state index in [-0.39, 0.29) is 0 Å². The van der Waals surface area contributed by atoms with Crippen molar-refractivity contribution in [1.82, 2.24) is 0 Å². The van der Waals surface area contributed by atoms with Crippen molar-refractivity contribution in [2.24, 2.45) is 0 Å². The summed E-state index contributed by atoms with van der Waals surface area (Å²) in [6.07, 6.45) is 6.75. The van der Waals surface area contributed by atoms with Gasteiger partial charge in [0.25, 0.3) is 0 Å². The fourth-order valence-electron chi connectivity index (χ4n) is 1.04. The third-order valence-electron chi connectivity index (χ3n) is 1.68. The topological polar surface area (TPSA) is 20.2 Å². The third kappa shape index (κ3) is 3.72. The predicted molar refractivity (Wildman–Crippen MR) is 56.3 cm³/mol. The summed E-state index contributed by atoms with van der Waals surface area (Å²) in [5.74, 6) is 0. The lowest BCUT2D eigenvalue weighted by Crippen LogP contribution is -1.94. The second-order valence-electron chi connectivity index (χ2n) is 2.79. The van der Waals surface area contributed by atoms with E-state index in [0.29, 0.717) is 0 Å². The highest BCUT2D eigenvalue weighted by molar-refractivity contribution is 5.49. The van der Waals surface area contributed by atoms with Gasteiger partial charge in [0.15, 0.2) is 0 Å². The zero-order chi connectivity index (χ0) is 9.52. The van der Waals surface area contributed by atoms with Crippen LogP contribution < -0.4 is 0 Å². The second-order valence-corrected chi connectivity index (χ2v) is 2.79. The summed E-state index contributed by atoms with van der Waals surface area (Å²) in [5.41, 5.74) is 1.10. The molecule has 0 bridgehead atoms. The van der Waals surface area contributed by atoms with Crippen molar-refractivity contribution in [3.05, 3.63) is 54.1 Å². The van der Waals surface area contributed by atoms with E-state index in [1.807, 2.05) is 49.4 Å². The van der Waals surface area contributed by atoms with E-state index < -0.39 is 6.10 Å². The van der Waals surface area contributed by atoms with Gasteiger partial charge >= 0.3 is 0 Å². The van der Waals surface area contributed by atoms with Crippen LogP contribution in [0.3, 0.4) is 0 Å². The predicted octanol–water partition coefficient (Wildman–Crippen LogP) is 2.64. The van der Waals surface area contributed by atoms with Gasteiger partial charge in [-0.15, -0.1) is 0 Å². The molecular formula is C12H14O. The minimum atomic E-state index is -0.481. The Morgan fingerprint density at radius 1 is 1.15 bits per heavy atom. The number of rotatable bonds is 3. The average molecular weight is 174 g/mol. The maximum atomic E-state index is 9.34. The molecule has 0 spiro atoms. The van der Waals surface area contributed by atoms with Crippen molar-refractivity contribution in [3.8, 4) is 0 Å². The smallest absolute Gasteiger partial charge is 0.0905 e. The van der Waals surface area contributed by atoms with Gasteiger partial charge in [0, 0.05) is 0 Å². The van der Waals surface area contributed by atoms with Gasteiger partial charge in [-0.05, 0) is 12.5 Å². The number of allylic oxidation sites excluding steroid dienone is 1. The Kier molecular flexibility index (Phi) is 4.00. The van der Waals surface area contributed by atoms with Crippen LogP contribution in [-0.2, 0) is 0 Å². The number of hydrogen-bond donors (Lipinski definition) is 1. The van der Waals surface area contributed by atoms with Crippen molar-refractivity contribution in [3.63, 3.8) is 0 Å². The van der Waals surface area contributed by atoms with Crippen molar-refractivity contribution in [2.45, 2.75) is 13.0 Å². The fourth-order valence-corrected chi connectivity index (χ4v) is 1.04. The lowest BCUT2D eigenvalue weighted by atomic mass is 10.2. The quantitative estimate of drug-likeness (QED) is 0.698. The van der Waals surface area contributed by atoms with Crippen LogP contribution >= 0.6 is 0 Å². The zero-order valence-corrected chi connectivity index (χ0v) is 7.72. The lowest BCUT2D eigenvalue weighted by molar-refractivity contribution is 0.272. The molecule has 0 aliphatic carbocycles. The van der Waals surface area contributed by atoms with Gasteiger partial charge in [-0.25, -0.2) is 0 Å². The third-order valence-corrected chi connectivity index (χ3v) is 1.68. The summed E-state index contributed by atoms with van der Waals surface area (Å²) >= 11 is 0. The van der Waals surface area contributed by atoms with E-state index in [2.05, 4.69) is 0 Å². The summed E-state index contributed by atoms with van der Waals surface area (Å²) in [7, 11) is 0. The number of aliphatic hydroxyl groups excluding tert-OH is 1. The summed E-state index contributed by atoms with van der Waals surface area (Å²) in [6, 6.07) is 9.92. The maximum Gasteiger partial charge on any atom is 0.0905 e. The molecule has 0 heterocycles. The van der Waals surface area contributed by atoms with Gasteiger partial charge < -0.3 is 5.11 Å². The first-order valence-electron chi connectivity index (χ1n) is 4.37. The van der Waals surface area contributed by atoms with Crippen LogP contribution in [0.15, 0.2) is 48.6 Å². The van der Waals surface area contributed by atoms with E-state index in [1.165, 1.54) is 0 Å². The molecule has 68 valence electrons. The maximum absolute atomic E-state index is 9.34. The molecule has 1 heteroatoms. The average Bonchev–Trinajstić information content (AvgIpc) is 2.17. The Bertz CT molecular complexity index is 285. The number of aliphatic hydroxyl groups is 1. The Morgan fingerprint density at radius 3 is 2.46 bits per heavy atom. The fraction of sp³-hybridized carbons (Fsp3) is 0.167. The first kappa shape index (κ1) is 9.75. The van der Waals surface area contributed by atoms with Crippen molar-refractivity contribution >= 4 is 6.08 Å². The molecule has 0 amide bonds. The normalized spacial score (nSPS) is 14.0. The van der Waals surface area contributed by atoms with Crippen LogP contribution in [0.25, 0.3) is 6.08 Å². The minimum absolute atomic E-state index is 0.481. The van der Waals surface area contributed by atoms with Gasteiger partial charge in [-0.3, -0.25) is 0 Å². The van der Waals surface area contributed by atoms with Crippen molar-refractivity contribution in [2.75, 3.05) is 0 Å². The summed E-state index contributed by atoms with van der Waals surface area (Å²) < 4.78 is 0. The van der Waals surface area contributed by atoms with Gasteiger partial charge in [0.05, 0.1) is 6.10 Å². The molecule has 1 N–H and O–H groups in total. The summed E-state index contributed by atoms with van der Waals surface area (Å²) in [4.78, 5) is 0. The molecule has 0 aromatic heterocycles. The van der Waals surface area contributed by atoms with Gasteiger partial charge in [-0.2, -0.15) is 0 Å². The van der Waals surface area contributed by atoms with Crippen LogP contribution in [0.2, 0.25) is 0 Å². The first-order chi connectivity index (χ1) is 6.33. The number of hydrogen-bond acceptors (Lipinski definition) is 1. The zero-order valence-electron chi connectivity index (χ0n) is 7.72. The SMILES string of the molecule is C/C=C/[C@H](O)/C=C/c1ccccc1. The largest absolute Gasteiger partial charge is 0.385 e. The summed E-state index contributed by atoms with van der Waals surface area (Å²) in [5, 5.41) is 9.34. The molecular weight excluding hydrogens is 160 g/mol. The molecule has 1 rings (SSSR count). The highest BCUT2D eigenvalue weighted by atomic mass is 16.3. The van der Waals surface area contributed by atoms with Crippen LogP contribution in [0, 0.1) is 0 Å². The minimum Gasteiger partial charge on any atom is -0.385 e. The Balaban J connectivity index is 2.59. The summed E-state index contributed by atoms with van der Waals surface area (Å²) in [6.45, 7) is 1.89. The van der Waals surface area contributed by atoms with E-state index in [1.54, 1.807) is 12.2 Å². The van der Waals surface area contributed by atoms with E-state index in [0.717, 1.165) is 5.56 Å². The van der Waals surface area contributed by atoms with E-state index in [4.69, 9.17) is 0 Å². The molecule has 0 radical (unpaired) electrons. The van der Waals surface area contributed by atoms with Crippen LogP contribution in [-0.4, -0.2) is 11.2 Å². The molecule has 1 atom stereocenters. The van der Waals surface area contributed by atoms with Crippen molar-refractivity contribution in [1.29, 1.82) is 0 Å². The Morgan fingerprint density at radius 2 is 1.85 bits per heavy atom. The van der Waals surface area contributed by atoms with Crippen molar-refractivity contribution < 1.29 is 5.11 Å². The second kappa shape index (κ2) is 5.33. The highest BCUT2D eigenvalue weighted by Crippen LogP contribution is 2.02. The molecule has 1 nitrogen and oxygen atoms in total. The van der Waals surface area contributed by atoms with E-state index >= 15 is 0 Å². The van der Waals surface area contributed by atoms with Gasteiger partial charge in [0.1, 0.15) is 0 Å². The number of benzene rings is 1. The molecule has 0 unspecified atom stereocenters. The van der Waals surface area contributed by atoms with E-state index in [9.17, 15) is 5.11 Å². The molecule has 0 aliphatic heterocycles. The molecule has 0 aliphatic rings. The molecule has 1 aromatic carbocycles. The van der Waals surface area contributed by atoms with Gasteiger partial charge in [-0.1, -0.05) is 54.6 Å². The Labute approximate surface area is 79.0 Å². The molecule has 1 aromatic rings. The highest BCUT2D eigenvalue weighted by Gasteiger charge is 1.89.